The van der Waals surface area contributed by atoms with Crippen molar-refractivity contribution in [3.63, 3.8) is 0 Å². The zero-order valence-electron chi connectivity index (χ0n) is 11.3. The van der Waals surface area contributed by atoms with Gasteiger partial charge in [0, 0.05) is 18.6 Å². The van der Waals surface area contributed by atoms with Crippen LogP contribution < -0.4 is 5.32 Å². The van der Waals surface area contributed by atoms with Crippen LogP contribution in [0.5, 0.6) is 0 Å². The Morgan fingerprint density at radius 1 is 1.12 bits per heavy atom. The Morgan fingerprint density at radius 2 is 1.81 bits per heavy atom. The molecule has 1 spiro atoms. The number of rotatable bonds is 1. The Morgan fingerprint density at radius 3 is 2.44 bits per heavy atom. The molecule has 0 atom stereocenters. The summed E-state index contributed by atoms with van der Waals surface area (Å²) in [5.74, 6) is 0. The highest BCUT2D eigenvalue weighted by Gasteiger charge is 2.36. The first-order chi connectivity index (χ1) is 7.49. The molecule has 1 saturated heterocycles. The fourth-order valence-corrected chi connectivity index (χ4v) is 3.41. The van der Waals surface area contributed by atoms with E-state index in [-0.39, 0.29) is 0 Å². The maximum absolute atomic E-state index is 3.83. The summed E-state index contributed by atoms with van der Waals surface area (Å²) in [5, 5.41) is 3.83. The first-order valence-electron chi connectivity index (χ1n) is 6.97. The molecule has 0 aromatic carbocycles. The lowest BCUT2D eigenvalue weighted by molar-refractivity contribution is 0.157. The standard InChI is InChI=1S/C14H28N2/c1-13(2,3)11-16-10-6-9-15-14(12-16)7-4-5-8-14/h15H,4-12H2,1-3H3. The minimum absolute atomic E-state index is 0.435. The monoisotopic (exact) mass is 224 g/mol. The van der Waals surface area contributed by atoms with Crippen molar-refractivity contribution in [3.05, 3.63) is 0 Å². The van der Waals surface area contributed by atoms with Gasteiger partial charge >= 0.3 is 0 Å². The van der Waals surface area contributed by atoms with Crippen LogP contribution in [-0.2, 0) is 0 Å². The average Bonchev–Trinajstić information content (AvgIpc) is 2.49. The van der Waals surface area contributed by atoms with E-state index in [0.717, 1.165) is 0 Å². The van der Waals surface area contributed by atoms with Crippen molar-refractivity contribution in [1.82, 2.24) is 10.2 Å². The minimum Gasteiger partial charge on any atom is -0.310 e. The van der Waals surface area contributed by atoms with Gasteiger partial charge in [0.15, 0.2) is 0 Å². The molecule has 0 aromatic rings. The van der Waals surface area contributed by atoms with Crippen molar-refractivity contribution in [2.75, 3.05) is 26.2 Å². The third kappa shape index (κ3) is 3.21. The molecule has 2 nitrogen and oxygen atoms in total. The average molecular weight is 224 g/mol. The van der Waals surface area contributed by atoms with Crippen molar-refractivity contribution >= 4 is 0 Å². The highest BCUT2D eigenvalue weighted by Crippen LogP contribution is 2.32. The number of hydrogen-bond acceptors (Lipinski definition) is 2. The van der Waals surface area contributed by atoms with Gasteiger partial charge in [0.25, 0.3) is 0 Å². The Bertz CT molecular complexity index is 223. The van der Waals surface area contributed by atoms with Gasteiger partial charge in [-0.1, -0.05) is 33.6 Å². The van der Waals surface area contributed by atoms with Gasteiger partial charge in [0.2, 0.25) is 0 Å². The highest BCUT2D eigenvalue weighted by molar-refractivity contribution is 4.97. The molecule has 94 valence electrons. The molecule has 16 heavy (non-hydrogen) atoms. The largest absolute Gasteiger partial charge is 0.310 e. The summed E-state index contributed by atoms with van der Waals surface area (Å²) in [6.45, 7) is 12.1. The van der Waals surface area contributed by atoms with Crippen LogP contribution in [-0.4, -0.2) is 36.6 Å². The van der Waals surface area contributed by atoms with Gasteiger partial charge < -0.3 is 10.2 Å². The first kappa shape index (κ1) is 12.4. The van der Waals surface area contributed by atoms with Crippen LogP contribution in [0.2, 0.25) is 0 Å². The molecule has 1 heterocycles. The minimum atomic E-state index is 0.435. The molecular formula is C14H28N2. The molecule has 0 amide bonds. The van der Waals surface area contributed by atoms with Gasteiger partial charge in [-0.05, 0) is 37.8 Å². The topological polar surface area (TPSA) is 15.3 Å². The zero-order chi connectivity index (χ0) is 11.6. The number of nitrogens with zero attached hydrogens (tertiary/aromatic N) is 1. The second-order valence-electron chi connectivity index (χ2n) is 7.04. The van der Waals surface area contributed by atoms with Gasteiger partial charge in [0.05, 0.1) is 0 Å². The molecule has 1 aliphatic carbocycles. The number of nitrogens with one attached hydrogen (secondary N) is 1. The van der Waals surface area contributed by atoms with Crippen molar-refractivity contribution < 1.29 is 0 Å². The van der Waals surface area contributed by atoms with Crippen molar-refractivity contribution in [2.24, 2.45) is 5.41 Å². The zero-order valence-corrected chi connectivity index (χ0v) is 11.3. The smallest absolute Gasteiger partial charge is 0.0308 e. The van der Waals surface area contributed by atoms with Gasteiger partial charge in [0.1, 0.15) is 0 Å². The fraction of sp³-hybridized carbons (Fsp3) is 1.00. The van der Waals surface area contributed by atoms with E-state index in [1.54, 1.807) is 0 Å². The van der Waals surface area contributed by atoms with E-state index in [4.69, 9.17) is 0 Å². The summed E-state index contributed by atoms with van der Waals surface area (Å²) < 4.78 is 0. The number of hydrogen-bond donors (Lipinski definition) is 1. The van der Waals surface area contributed by atoms with E-state index in [1.807, 2.05) is 0 Å². The lowest BCUT2D eigenvalue weighted by Crippen LogP contribution is -2.50. The van der Waals surface area contributed by atoms with E-state index in [9.17, 15) is 0 Å². The van der Waals surface area contributed by atoms with Gasteiger partial charge in [-0.2, -0.15) is 0 Å². The lowest BCUT2D eigenvalue weighted by atomic mass is 9.93. The van der Waals surface area contributed by atoms with Gasteiger partial charge in [-0.3, -0.25) is 0 Å². The molecule has 2 fully saturated rings. The van der Waals surface area contributed by atoms with Crippen LogP contribution >= 0.6 is 0 Å². The van der Waals surface area contributed by atoms with E-state index in [2.05, 4.69) is 31.0 Å². The van der Waals surface area contributed by atoms with Gasteiger partial charge in [-0.25, -0.2) is 0 Å². The molecule has 0 unspecified atom stereocenters. The molecule has 1 aliphatic heterocycles. The van der Waals surface area contributed by atoms with Crippen LogP contribution in [0, 0.1) is 5.41 Å². The first-order valence-corrected chi connectivity index (χ1v) is 6.97. The molecule has 2 rings (SSSR count). The summed E-state index contributed by atoms with van der Waals surface area (Å²) in [6, 6.07) is 0. The van der Waals surface area contributed by atoms with E-state index in [1.165, 1.54) is 58.3 Å². The van der Waals surface area contributed by atoms with Crippen molar-refractivity contribution in [2.45, 2.75) is 58.4 Å². The Labute approximate surface area is 101 Å². The molecule has 0 aromatic heterocycles. The van der Waals surface area contributed by atoms with E-state index in [0.29, 0.717) is 11.0 Å². The maximum atomic E-state index is 3.83. The van der Waals surface area contributed by atoms with Crippen LogP contribution in [0.4, 0.5) is 0 Å². The van der Waals surface area contributed by atoms with Crippen LogP contribution in [0.15, 0.2) is 0 Å². The fourth-order valence-electron chi connectivity index (χ4n) is 3.41. The summed E-state index contributed by atoms with van der Waals surface area (Å²) in [7, 11) is 0. The Kier molecular flexibility index (Phi) is 3.60. The highest BCUT2D eigenvalue weighted by atomic mass is 15.2. The third-order valence-corrected chi connectivity index (χ3v) is 3.94. The van der Waals surface area contributed by atoms with Crippen LogP contribution in [0.1, 0.15) is 52.9 Å². The third-order valence-electron chi connectivity index (χ3n) is 3.94. The molecular weight excluding hydrogens is 196 g/mol. The second-order valence-corrected chi connectivity index (χ2v) is 7.04. The normalized spacial score (nSPS) is 27.2. The van der Waals surface area contributed by atoms with Crippen molar-refractivity contribution in [3.8, 4) is 0 Å². The van der Waals surface area contributed by atoms with Crippen LogP contribution in [0.25, 0.3) is 0 Å². The molecule has 1 saturated carbocycles. The van der Waals surface area contributed by atoms with Crippen molar-refractivity contribution in [1.29, 1.82) is 0 Å². The molecule has 0 radical (unpaired) electrons. The lowest BCUT2D eigenvalue weighted by Gasteiger charge is -2.36. The van der Waals surface area contributed by atoms with Gasteiger partial charge in [-0.15, -0.1) is 0 Å². The van der Waals surface area contributed by atoms with Crippen LogP contribution in [0.3, 0.4) is 0 Å². The summed E-state index contributed by atoms with van der Waals surface area (Å²) in [5.41, 5.74) is 0.909. The molecule has 2 heteroatoms. The summed E-state index contributed by atoms with van der Waals surface area (Å²) in [6.07, 6.45) is 6.96. The van der Waals surface area contributed by atoms with E-state index < -0.39 is 0 Å². The summed E-state index contributed by atoms with van der Waals surface area (Å²) in [4.78, 5) is 2.70. The molecule has 1 N–H and O–H groups in total. The summed E-state index contributed by atoms with van der Waals surface area (Å²) >= 11 is 0. The predicted octanol–water partition coefficient (Wildman–Crippen LogP) is 2.64. The maximum Gasteiger partial charge on any atom is 0.0308 e. The quantitative estimate of drug-likeness (QED) is 0.736. The Hall–Kier alpha value is -0.0800. The SMILES string of the molecule is CC(C)(C)CN1CCCNC2(CCCC2)C1. The predicted molar refractivity (Wildman–Crippen MR) is 69.7 cm³/mol. The molecule has 0 bridgehead atoms. The Balaban J connectivity index is 1.98. The second kappa shape index (κ2) is 4.66. The van der Waals surface area contributed by atoms with E-state index >= 15 is 0 Å². The molecule has 2 aliphatic rings.